The highest BCUT2D eigenvalue weighted by Gasteiger charge is 2.32. The van der Waals surface area contributed by atoms with Crippen molar-refractivity contribution < 1.29 is 4.79 Å². The van der Waals surface area contributed by atoms with Gasteiger partial charge >= 0.3 is 0 Å². The van der Waals surface area contributed by atoms with Gasteiger partial charge in [-0.1, -0.05) is 13.8 Å². The highest BCUT2D eigenvalue weighted by Crippen LogP contribution is 2.37. The van der Waals surface area contributed by atoms with Crippen LogP contribution in [-0.4, -0.2) is 17.9 Å². The van der Waals surface area contributed by atoms with E-state index in [0.29, 0.717) is 0 Å². The Kier molecular flexibility index (Phi) is 2.02. The molecule has 1 aromatic rings. The van der Waals surface area contributed by atoms with Gasteiger partial charge in [0.05, 0.1) is 0 Å². The first-order valence-corrected chi connectivity index (χ1v) is 4.84. The molecular weight excluding hydrogens is 176 g/mol. The summed E-state index contributed by atoms with van der Waals surface area (Å²) in [5, 5.41) is 0. The molecule has 2 heterocycles. The normalized spacial score (nSPS) is 26.2. The largest absolute Gasteiger partial charge is 0.315 e. The Balaban J connectivity index is 2.56. The van der Waals surface area contributed by atoms with Crippen LogP contribution in [0.2, 0.25) is 0 Å². The fraction of sp³-hybridized carbons (Fsp3) is 0.455. The lowest BCUT2D eigenvalue weighted by molar-refractivity contribution is -0.122. The maximum atomic E-state index is 11.8. The van der Waals surface area contributed by atoms with Crippen molar-refractivity contribution in [3.63, 3.8) is 0 Å². The molecule has 74 valence electrons. The van der Waals surface area contributed by atoms with Crippen molar-refractivity contribution in [3.05, 3.63) is 24.0 Å². The molecule has 3 nitrogen and oxygen atoms in total. The first kappa shape index (κ1) is 9.19. The second kappa shape index (κ2) is 3.08. The van der Waals surface area contributed by atoms with Crippen LogP contribution < -0.4 is 4.90 Å². The van der Waals surface area contributed by atoms with E-state index in [9.17, 15) is 4.79 Å². The molecule has 0 aromatic carbocycles. The Hall–Kier alpha value is -1.38. The standard InChI is InChI=1S/C11H14N2O/c1-7-8(2)11(14)13(3)10-4-5-12-6-9(7)10/h4-8H,1-3H3/t7-,8?/m0/s1. The van der Waals surface area contributed by atoms with Crippen LogP contribution in [0.3, 0.4) is 0 Å². The molecule has 0 N–H and O–H groups in total. The molecule has 0 saturated carbocycles. The van der Waals surface area contributed by atoms with Gasteiger partial charge in [-0.15, -0.1) is 0 Å². The average Bonchev–Trinajstić information content (AvgIpc) is 2.23. The van der Waals surface area contributed by atoms with E-state index < -0.39 is 0 Å². The topological polar surface area (TPSA) is 33.2 Å². The van der Waals surface area contributed by atoms with Gasteiger partial charge in [0, 0.05) is 31.0 Å². The SMILES string of the molecule is CC1C(=O)N(C)c2ccncc2[C@H]1C. The zero-order valence-corrected chi connectivity index (χ0v) is 8.69. The van der Waals surface area contributed by atoms with Crippen LogP contribution in [0.5, 0.6) is 0 Å². The van der Waals surface area contributed by atoms with Crippen LogP contribution >= 0.6 is 0 Å². The lowest BCUT2D eigenvalue weighted by Crippen LogP contribution is -2.38. The summed E-state index contributed by atoms with van der Waals surface area (Å²) in [7, 11) is 1.82. The first-order valence-electron chi connectivity index (χ1n) is 4.84. The van der Waals surface area contributed by atoms with Gasteiger partial charge in [-0.2, -0.15) is 0 Å². The Morgan fingerprint density at radius 2 is 2.07 bits per heavy atom. The molecule has 1 aliphatic heterocycles. The van der Waals surface area contributed by atoms with Crippen molar-refractivity contribution >= 4 is 11.6 Å². The second-order valence-electron chi connectivity index (χ2n) is 3.91. The van der Waals surface area contributed by atoms with Gasteiger partial charge in [-0.25, -0.2) is 0 Å². The van der Waals surface area contributed by atoms with E-state index in [1.54, 1.807) is 11.1 Å². The summed E-state index contributed by atoms with van der Waals surface area (Å²) in [6.07, 6.45) is 3.59. The number of hydrogen-bond acceptors (Lipinski definition) is 2. The lowest BCUT2D eigenvalue weighted by atomic mass is 9.84. The maximum absolute atomic E-state index is 11.8. The van der Waals surface area contributed by atoms with E-state index >= 15 is 0 Å². The van der Waals surface area contributed by atoms with E-state index in [1.807, 2.05) is 26.2 Å². The number of aromatic nitrogens is 1. The van der Waals surface area contributed by atoms with E-state index in [0.717, 1.165) is 5.69 Å². The predicted molar refractivity (Wildman–Crippen MR) is 55.2 cm³/mol. The second-order valence-corrected chi connectivity index (χ2v) is 3.91. The molecule has 2 rings (SSSR count). The average molecular weight is 190 g/mol. The smallest absolute Gasteiger partial charge is 0.230 e. The molecule has 0 radical (unpaired) electrons. The zero-order chi connectivity index (χ0) is 10.3. The summed E-state index contributed by atoms with van der Waals surface area (Å²) in [4.78, 5) is 17.6. The van der Waals surface area contributed by atoms with Crippen molar-refractivity contribution in [2.24, 2.45) is 5.92 Å². The van der Waals surface area contributed by atoms with Crippen LogP contribution in [0.4, 0.5) is 5.69 Å². The monoisotopic (exact) mass is 190 g/mol. The molecule has 3 heteroatoms. The number of hydrogen-bond donors (Lipinski definition) is 0. The molecule has 1 unspecified atom stereocenters. The van der Waals surface area contributed by atoms with Gasteiger partial charge in [0.25, 0.3) is 0 Å². The summed E-state index contributed by atoms with van der Waals surface area (Å²) in [6, 6.07) is 1.90. The highest BCUT2D eigenvalue weighted by molar-refractivity contribution is 5.98. The first-order chi connectivity index (χ1) is 6.63. The zero-order valence-electron chi connectivity index (χ0n) is 8.69. The van der Waals surface area contributed by atoms with Gasteiger partial charge in [0.2, 0.25) is 5.91 Å². The summed E-state index contributed by atoms with van der Waals surface area (Å²) in [6.45, 7) is 4.05. The van der Waals surface area contributed by atoms with Crippen LogP contribution in [0, 0.1) is 5.92 Å². The number of rotatable bonds is 0. The number of carbonyl (C=O) groups is 1. The molecule has 0 aliphatic carbocycles. The Bertz CT molecular complexity index is 375. The molecule has 1 amide bonds. The summed E-state index contributed by atoms with van der Waals surface area (Å²) < 4.78 is 0. The third-order valence-electron chi connectivity index (χ3n) is 3.15. The summed E-state index contributed by atoms with van der Waals surface area (Å²) in [5.74, 6) is 0.510. The fourth-order valence-corrected chi connectivity index (χ4v) is 1.96. The molecule has 0 fully saturated rings. The minimum Gasteiger partial charge on any atom is -0.315 e. The maximum Gasteiger partial charge on any atom is 0.230 e. The molecule has 2 atom stereocenters. The summed E-state index contributed by atoms with van der Waals surface area (Å²) >= 11 is 0. The molecular formula is C11H14N2O. The molecule has 0 bridgehead atoms. The Morgan fingerprint density at radius 1 is 1.36 bits per heavy atom. The van der Waals surface area contributed by atoms with Gasteiger partial charge in [0.15, 0.2) is 0 Å². The van der Waals surface area contributed by atoms with Crippen LogP contribution in [0.25, 0.3) is 0 Å². The molecule has 0 saturated heterocycles. The van der Waals surface area contributed by atoms with E-state index in [1.165, 1.54) is 5.56 Å². The van der Waals surface area contributed by atoms with Gasteiger partial charge in [-0.05, 0) is 17.5 Å². The number of amides is 1. The van der Waals surface area contributed by atoms with Gasteiger partial charge < -0.3 is 4.90 Å². The van der Waals surface area contributed by atoms with Crippen molar-refractivity contribution in [3.8, 4) is 0 Å². The minimum atomic E-state index is 0.0525. The van der Waals surface area contributed by atoms with Crippen molar-refractivity contribution in [2.75, 3.05) is 11.9 Å². The minimum absolute atomic E-state index is 0.0525. The third-order valence-corrected chi connectivity index (χ3v) is 3.15. The van der Waals surface area contributed by atoms with E-state index in [4.69, 9.17) is 0 Å². The fourth-order valence-electron chi connectivity index (χ4n) is 1.96. The number of anilines is 1. The van der Waals surface area contributed by atoms with Crippen molar-refractivity contribution in [2.45, 2.75) is 19.8 Å². The van der Waals surface area contributed by atoms with Gasteiger partial charge in [-0.3, -0.25) is 9.78 Å². The van der Waals surface area contributed by atoms with Crippen molar-refractivity contribution in [1.82, 2.24) is 4.98 Å². The van der Waals surface area contributed by atoms with Crippen LogP contribution in [-0.2, 0) is 4.79 Å². The van der Waals surface area contributed by atoms with Crippen LogP contribution in [0.15, 0.2) is 18.5 Å². The molecule has 1 aliphatic rings. The number of carbonyl (C=O) groups excluding carboxylic acids is 1. The number of nitrogens with zero attached hydrogens (tertiary/aromatic N) is 2. The quantitative estimate of drug-likeness (QED) is 0.625. The van der Waals surface area contributed by atoms with Gasteiger partial charge in [0.1, 0.15) is 0 Å². The van der Waals surface area contributed by atoms with Crippen LogP contribution in [0.1, 0.15) is 25.3 Å². The number of fused-ring (bicyclic) bond motifs is 1. The third kappa shape index (κ3) is 1.12. The van der Waals surface area contributed by atoms with E-state index in [-0.39, 0.29) is 17.7 Å². The van der Waals surface area contributed by atoms with E-state index in [2.05, 4.69) is 11.9 Å². The Morgan fingerprint density at radius 3 is 2.79 bits per heavy atom. The molecule has 1 aromatic heterocycles. The van der Waals surface area contributed by atoms with Crippen molar-refractivity contribution in [1.29, 1.82) is 0 Å². The molecule has 14 heavy (non-hydrogen) atoms. The highest BCUT2D eigenvalue weighted by atomic mass is 16.2. The molecule has 0 spiro atoms. The predicted octanol–water partition coefficient (Wildman–Crippen LogP) is 1.80. The Labute approximate surface area is 83.8 Å². The number of pyridine rings is 1. The summed E-state index contributed by atoms with van der Waals surface area (Å²) in [5.41, 5.74) is 2.16. The lowest BCUT2D eigenvalue weighted by Gasteiger charge is -2.33.